The van der Waals surface area contributed by atoms with Crippen molar-refractivity contribution in [1.29, 1.82) is 0 Å². The van der Waals surface area contributed by atoms with Crippen molar-refractivity contribution in [2.45, 2.75) is 12.8 Å². The van der Waals surface area contributed by atoms with Gasteiger partial charge in [-0.05, 0) is 29.6 Å². The van der Waals surface area contributed by atoms with Gasteiger partial charge in [0.2, 0.25) is 12.7 Å². The van der Waals surface area contributed by atoms with Crippen LogP contribution in [0.25, 0.3) is 0 Å². The SMILES string of the molecule is O=C(CCC(=O)c1cccs1)NNC(=O)c1ccc2c(c1)OCO2. The Labute approximate surface area is 141 Å². The maximum Gasteiger partial charge on any atom is 0.269 e. The van der Waals surface area contributed by atoms with Crippen molar-refractivity contribution in [3.8, 4) is 11.5 Å². The van der Waals surface area contributed by atoms with Crippen LogP contribution >= 0.6 is 11.3 Å². The summed E-state index contributed by atoms with van der Waals surface area (Å²) in [5.74, 6) is 0.0423. The molecule has 2 heterocycles. The molecule has 0 atom stereocenters. The molecular formula is C16H14N2O5S. The van der Waals surface area contributed by atoms with Gasteiger partial charge in [0.1, 0.15) is 0 Å². The lowest BCUT2D eigenvalue weighted by molar-refractivity contribution is -0.121. The van der Waals surface area contributed by atoms with E-state index in [0.29, 0.717) is 21.9 Å². The van der Waals surface area contributed by atoms with E-state index in [0.717, 1.165) is 0 Å². The second kappa shape index (κ2) is 7.14. The maximum atomic E-state index is 12.0. The number of hydrogen-bond acceptors (Lipinski definition) is 6. The molecule has 124 valence electrons. The zero-order valence-electron chi connectivity index (χ0n) is 12.5. The molecule has 1 aromatic heterocycles. The number of ketones is 1. The highest BCUT2D eigenvalue weighted by atomic mass is 32.1. The smallest absolute Gasteiger partial charge is 0.269 e. The number of hydrogen-bond donors (Lipinski definition) is 2. The van der Waals surface area contributed by atoms with E-state index < -0.39 is 11.8 Å². The Bertz CT molecular complexity index is 773. The molecule has 8 heteroatoms. The molecule has 3 rings (SSSR count). The third-order valence-electron chi connectivity index (χ3n) is 3.33. The highest BCUT2D eigenvalue weighted by molar-refractivity contribution is 7.12. The Balaban J connectivity index is 1.45. The number of ether oxygens (including phenoxy) is 2. The highest BCUT2D eigenvalue weighted by Crippen LogP contribution is 2.32. The first-order chi connectivity index (χ1) is 11.6. The average molecular weight is 346 g/mol. The first-order valence-electron chi connectivity index (χ1n) is 7.19. The molecule has 0 bridgehead atoms. The lowest BCUT2D eigenvalue weighted by atomic mass is 10.2. The Morgan fingerprint density at radius 3 is 2.67 bits per heavy atom. The third kappa shape index (κ3) is 3.72. The number of hydrazine groups is 1. The van der Waals surface area contributed by atoms with Crippen LogP contribution in [-0.2, 0) is 4.79 Å². The largest absolute Gasteiger partial charge is 0.454 e. The number of fused-ring (bicyclic) bond motifs is 1. The number of rotatable bonds is 5. The molecule has 2 amide bonds. The van der Waals surface area contributed by atoms with Gasteiger partial charge in [0.05, 0.1) is 4.88 Å². The van der Waals surface area contributed by atoms with Gasteiger partial charge in [0.25, 0.3) is 5.91 Å². The number of Topliss-reactive ketones (excluding diaryl/α,β-unsaturated/α-hetero) is 1. The molecule has 2 aromatic rings. The average Bonchev–Trinajstić information content (AvgIpc) is 3.27. The van der Waals surface area contributed by atoms with E-state index in [-0.39, 0.29) is 25.4 Å². The van der Waals surface area contributed by atoms with Gasteiger partial charge in [-0.15, -0.1) is 11.3 Å². The van der Waals surface area contributed by atoms with Gasteiger partial charge >= 0.3 is 0 Å². The molecule has 0 spiro atoms. The number of carbonyl (C=O) groups is 3. The quantitative estimate of drug-likeness (QED) is 0.637. The molecular weight excluding hydrogens is 332 g/mol. The van der Waals surface area contributed by atoms with Crippen molar-refractivity contribution < 1.29 is 23.9 Å². The van der Waals surface area contributed by atoms with E-state index >= 15 is 0 Å². The zero-order valence-corrected chi connectivity index (χ0v) is 13.4. The van der Waals surface area contributed by atoms with Crippen LogP contribution in [0.2, 0.25) is 0 Å². The lowest BCUT2D eigenvalue weighted by Gasteiger charge is -2.07. The Morgan fingerprint density at radius 2 is 1.88 bits per heavy atom. The monoisotopic (exact) mass is 346 g/mol. The first-order valence-corrected chi connectivity index (χ1v) is 8.07. The summed E-state index contributed by atoms with van der Waals surface area (Å²) in [5, 5.41) is 1.80. The molecule has 0 saturated carbocycles. The molecule has 0 unspecified atom stereocenters. The number of carbonyl (C=O) groups excluding carboxylic acids is 3. The number of thiophene rings is 1. The minimum absolute atomic E-state index is 0.00183. The molecule has 1 aliphatic heterocycles. The molecule has 1 aromatic carbocycles. The molecule has 0 fully saturated rings. The van der Waals surface area contributed by atoms with Gasteiger partial charge in [-0.2, -0.15) is 0 Å². The topological polar surface area (TPSA) is 93.7 Å². The van der Waals surface area contributed by atoms with E-state index in [4.69, 9.17) is 9.47 Å². The number of nitrogens with one attached hydrogen (secondary N) is 2. The molecule has 2 N–H and O–H groups in total. The summed E-state index contributed by atoms with van der Waals surface area (Å²) in [4.78, 5) is 36.1. The fourth-order valence-electron chi connectivity index (χ4n) is 2.09. The van der Waals surface area contributed by atoms with E-state index in [1.165, 1.54) is 17.4 Å². The van der Waals surface area contributed by atoms with E-state index in [2.05, 4.69) is 10.9 Å². The molecule has 0 aliphatic carbocycles. The fraction of sp³-hybridized carbons (Fsp3) is 0.188. The highest BCUT2D eigenvalue weighted by Gasteiger charge is 2.16. The van der Waals surface area contributed by atoms with Crippen molar-refractivity contribution in [3.63, 3.8) is 0 Å². The molecule has 1 aliphatic rings. The van der Waals surface area contributed by atoms with Crippen LogP contribution in [0, 0.1) is 0 Å². The predicted octanol–water partition coefficient (Wildman–Crippen LogP) is 1.90. The molecule has 7 nitrogen and oxygen atoms in total. The van der Waals surface area contributed by atoms with Crippen LogP contribution in [0.1, 0.15) is 32.9 Å². The summed E-state index contributed by atoms with van der Waals surface area (Å²) in [6, 6.07) is 8.22. The van der Waals surface area contributed by atoms with E-state index in [9.17, 15) is 14.4 Å². The van der Waals surface area contributed by atoms with Crippen LogP contribution in [0.3, 0.4) is 0 Å². The van der Waals surface area contributed by atoms with Crippen molar-refractivity contribution in [3.05, 3.63) is 46.2 Å². The van der Waals surface area contributed by atoms with Crippen molar-refractivity contribution in [1.82, 2.24) is 10.9 Å². The maximum absolute atomic E-state index is 12.0. The fourth-order valence-corrected chi connectivity index (χ4v) is 2.78. The number of amides is 2. The Hall–Kier alpha value is -2.87. The second-order valence-corrected chi connectivity index (χ2v) is 5.92. The van der Waals surface area contributed by atoms with Gasteiger partial charge in [0.15, 0.2) is 17.3 Å². The van der Waals surface area contributed by atoms with Gasteiger partial charge in [0, 0.05) is 18.4 Å². The number of benzene rings is 1. The van der Waals surface area contributed by atoms with Crippen molar-refractivity contribution >= 4 is 28.9 Å². The lowest BCUT2D eigenvalue weighted by Crippen LogP contribution is -2.41. The van der Waals surface area contributed by atoms with E-state index in [1.54, 1.807) is 29.6 Å². The Kier molecular flexibility index (Phi) is 4.76. The molecule has 0 saturated heterocycles. The standard InChI is InChI=1S/C16H14N2O5S/c19-11(14-2-1-7-24-14)4-6-15(20)17-18-16(21)10-3-5-12-13(8-10)23-9-22-12/h1-3,5,7-8H,4,6,9H2,(H,17,20)(H,18,21). The van der Waals surface area contributed by atoms with Crippen molar-refractivity contribution in [2.75, 3.05) is 6.79 Å². The zero-order chi connectivity index (χ0) is 16.9. The van der Waals surface area contributed by atoms with Crippen LogP contribution < -0.4 is 20.3 Å². The first kappa shape index (κ1) is 16.0. The third-order valence-corrected chi connectivity index (χ3v) is 4.24. The second-order valence-electron chi connectivity index (χ2n) is 4.97. The summed E-state index contributed by atoms with van der Waals surface area (Å²) in [6.07, 6.45) is 0.0877. The van der Waals surface area contributed by atoms with Crippen LogP contribution in [0.15, 0.2) is 35.7 Å². The van der Waals surface area contributed by atoms with Gasteiger partial charge in [-0.1, -0.05) is 6.07 Å². The predicted molar refractivity (Wildman–Crippen MR) is 86.1 cm³/mol. The summed E-state index contributed by atoms with van der Waals surface area (Å²) < 4.78 is 10.4. The van der Waals surface area contributed by atoms with Crippen LogP contribution in [0.5, 0.6) is 11.5 Å². The molecule has 24 heavy (non-hydrogen) atoms. The van der Waals surface area contributed by atoms with E-state index in [1.807, 2.05) is 0 Å². The minimum Gasteiger partial charge on any atom is -0.454 e. The van der Waals surface area contributed by atoms with Gasteiger partial charge in [-0.25, -0.2) is 0 Å². The van der Waals surface area contributed by atoms with Gasteiger partial charge in [-0.3, -0.25) is 25.2 Å². The normalized spacial score (nSPS) is 11.8. The molecule has 0 radical (unpaired) electrons. The van der Waals surface area contributed by atoms with Crippen LogP contribution in [0.4, 0.5) is 0 Å². The van der Waals surface area contributed by atoms with Crippen molar-refractivity contribution in [2.24, 2.45) is 0 Å². The summed E-state index contributed by atoms with van der Waals surface area (Å²) >= 11 is 1.33. The Morgan fingerprint density at radius 1 is 1.04 bits per heavy atom. The van der Waals surface area contributed by atoms with Crippen LogP contribution in [-0.4, -0.2) is 24.4 Å². The summed E-state index contributed by atoms with van der Waals surface area (Å²) in [6.45, 7) is 0.120. The minimum atomic E-state index is -0.480. The van der Waals surface area contributed by atoms with Gasteiger partial charge < -0.3 is 9.47 Å². The summed E-state index contributed by atoms with van der Waals surface area (Å²) in [7, 11) is 0. The summed E-state index contributed by atoms with van der Waals surface area (Å²) in [5.41, 5.74) is 4.92.